The summed E-state index contributed by atoms with van der Waals surface area (Å²) in [6.07, 6.45) is 3.47. The van der Waals surface area contributed by atoms with Crippen molar-refractivity contribution in [2.24, 2.45) is 0 Å². The summed E-state index contributed by atoms with van der Waals surface area (Å²) in [5.74, 6) is -1.19. The van der Waals surface area contributed by atoms with Crippen LogP contribution in [-0.4, -0.2) is 30.5 Å². The second-order valence-electron chi connectivity index (χ2n) is 9.71. The Morgan fingerprint density at radius 2 is 1.39 bits per heavy atom. The average molecular weight is 515 g/mol. The third-order valence-electron chi connectivity index (χ3n) is 7.37. The zero-order chi connectivity index (χ0) is 25.5. The average Bonchev–Trinajstić information content (AvgIpc) is 3.63. The van der Waals surface area contributed by atoms with Gasteiger partial charge in [0.05, 0.1) is 28.8 Å². The number of hydrogen-bond donors (Lipinski definition) is 1. The number of nitrogens with one attached hydrogen (secondary N) is 1. The molecule has 2 aliphatic carbocycles. The van der Waals surface area contributed by atoms with Gasteiger partial charge in [-0.25, -0.2) is 9.97 Å². The molecule has 2 saturated carbocycles. The van der Waals surface area contributed by atoms with E-state index in [0.717, 1.165) is 61.5 Å². The summed E-state index contributed by atoms with van der Waals surface area (Å²) in [4.78, 5) is 11.7. The predicted octanol–water partition coefficient (Wildman–Crippen LogP) is 6.07. The van der Waals surface area contributed by atoms with Gasteiger partial charge in [0.2, 0.25) is 11.6 Å². The standard InChI is InChI=1S/C12H16F3N3.C12H12F3N3/c2*13-12(14,15)11-17-10(8-3-1-2-4-8)9-7-16-5-6-18(9)11/h8,16H,1-7H2;5-8H,1-4H2. The molecule has 0 atom stereocenters. The molecule has 1 N–H and O–H groups in total. The van der Waals surface area contributed by atoms with Crippen molar-refractivity contribution in [2.45, 2.75) is 88.6 Å². The number of nitrogens with zero attached hydrogens (tertiary/aromatic N) is 5. The van der Waals surface area contributed by atoms with Crippen LogP contribution in [-0.2, 0) is 25.4 Å². The van der Waals surface area contributed by atoms with Gasteiger partial charge in [-0.1, -0.05) is 25.7 Å². The van der Waals surface area contributed by atoms with Gasteiger partial charge in [-0.15, -0.1) is 0 Å². The lowest BCUT2D eigenvalue weighted by Gasteiger charge is -2.20. The van der Waals surface area contributed by atoms with Gasteiger partial charge >= 0.3 is 12.4 Å². The number of fused-ring (bicyclic) bond motifs is 2. The Labute approximate surface area is 204 Å². The Kier molecular flexibility index (Phi) is 6.73. The molecule has 1 aliphatic heterocycles. The number of halogens is 6. The van der Waals surface area contributed by atoms with Crippen LogP contribution in [0.15, 0.2) is 18.6 Å². The first-order valence-corrected chi connectivity index (χ1v) is 12.4. The van der Waals surface area contributed by atoms with E-state index in [-0.39, 0.29) is 11.8 Å². The van der Waals surface area contributed by atoms with E-state index in [1.165, 1.54) is 23.2 Å². The molecular weight excluding hydrogens is 486 g/mol. The summed E-state index contributed by atoms with van der Waals surface area (Å²) >= 11 is 0. The van der Waals surface area contributed by atoms with Crippen molar-refractivity contribution in [3.05, 3.63) is 47.3 Å². The molecule has 36 heavy (non-hydrogen) atoms. The molecule has 0 spiro atoms. The van der Waals surface area contributed by atoms with Gasteiger partial charge in [0.25, 0.3) is 0 Å². The van der Waals surface area contributed by atoms with Gasteiger partial charge in [0.15, 0.2) is 0 Å². The van der Waals surface area contributed by atoms with Gasteiger partial charge in [-0.05, 0) is 25.7 Å². The molecule has 2 fully saturated rings. The molecule has 3 aromatic rings. The first kappa shape index (κ1) is 25.0. The minimum atomic E-state index is -4.43. The van der Waals surface area contributed by atoms with Crippen LogP contribution in [0.5, 0.6) is 0 Å². The fourth-order valence-corrected chi connectivity index (χ4v) is 5.73. The summed E-state index contributed by atoms with van der Waals surface area (Å²) in [5.41, 5.74) is 2.47. The van der Waals surface area contributed by atoms with Crippen LogP contribution < -0.4 is 5.32 Å². The van der Waals surface area contributed by atoms with E-state index in [0.29, 0.717) is 36.5 Å². The molecule has 196 valence electrons. The number of hydrogen-bond acceptors (Lipinski definition) is 4. The molecule has 0 aromatic carbocycles. The summed E-state index contributed by atoms with van der Waals surface area (Å²) in [6, 6.07) is 0. The lowest BCUT2D eigenvalue weighted by Crippen LogP contribution is -2.30. The van der Waals surface area contributed by atoms with Crippen LogP contribution in [0.3, 0.4) is 0 Å². The Hall–Kier alpha value is -2.63. The smallest absolute Gasteiger partial charge is 0.322 e. The van der Waals surface area contributed by atoms with Gasteiger partial charge in [-0.3, -0.25) is 9.38 Å². The third-order valence-corrected chi connectivity index (χ3v) is 7.37. The summed E-state index contributed by atoms with van der Waals surface area (Å²) < 4.78 is 80.1. The first-order chi connectivity index (χ1) is 17.1. The van der Waals surface area contributed by atoms with Crippen molar-refractivity contribution in [1.82, 2.24) is 29.2 Å². The summed E-state index contributed by atoms with van der Waals surface area (Å²) in [5, 5.41) is 3.14. The molecule has 3 aromatic heterocycles. The lowest BCUT2D eigenvalue weighted by molar-refractivity contribution is -0.147. The van der Waals surface area contributed by atoms with Crippen LogP contribution in [0.2, 0.25) is 0 Å². The molecule has 3 aliphatic rings. The first-order valence-electron chi connectivity index (χ1n) is 12.4. The molecule has 0 amide bonds. The fourth-order valence-electron chi connectivity index (χ4n) is 5.73. The SMILES string of the molecule is FC(F)(F)c1nc(C2CCCC2)c2cnccn12.FC(F)(F)c1nc(C2CCCC2)c2n1CCNC2. The van der Waals surface area contributed by atoms with Crippen molar-refractivity contribution in [3.8, 4) is 0 Å². The van der Waals surface area contributed by atoms with Crippen molar-refractivity contribution in [3.63, 3.8) is 0 Å². The van der Waals surface area contributed by atoms with E-state index in [4.69, 9.17) is 0 Å². The highest BCUT2D eigenvalue weighted by molar-refractivity contribution is 5.53. The van der Waals surface area contributed by atoms with E-state index in [1.54, 1.807) is 0 Å². The molecule has 6 nitrogen and oxygen atoms in total. The summed E-state index contributed by atoms with van der Waals surface area (Å²) in [6.45, 7) is 1.45. The number of alkyl halides is 6. The highest BCUT2D eigenvalue weighted by Crippen LogP contribution is 2.40. The molecule has 0 radical (unpaired) electrons. The maximum atomic E-state index is 13.0. The fraction of sp³-hybridized carbons (Fsp3) is 0.625. The van der Waals surface area contributed by atoms with Crippen LogP contribution in [0.4, 0.5) is 26.3 Å². The van der Waals surface area contributed by atoms with E-state index in [2.05, 4.69) is 20.3 Å². The van der Waals surface area contributed by atoms with Crippen molar-refractivity contribution in [2.75, 3.05) is 6.54 Å². The zero-order valence-electron chi connectivity index (χ0n) is 19.7. The van der Waals surface area contributed by atoms with E-state index in [9.17, 15) is 26.3 Å². The van der Waals surface area contributed by atoms with Crippen LogP contribution in [0, 0.1) is 0 Å². The minimum absolute atomic E-state index is 0.139. The molecule has 0 bridgehead atoms. The van der Waals surface area contributed by atoms with Crippen molar-refractivity contribution >= 4 is 5.52 Å². The Bertz CT molecular complexity index is 1200. The highest BCUT2D eigenvalue weighted by Gasteiger charge is 2.41. The third kappa shape index (κ3) is 4.83. The van der Waals surface area contributed by atoms with Gasteiger partial charge < -0.3 is 9.88 Å². The van der Waals surface area contributed by atoms with E-state index < -0.39 is 24.0 Å². The van der Waals surface area contributed by atoms with E-state index >= 15 is 0 Å². The van der Waals surface area contributed by atoms with Gasteiger partial charge in [-0.2, -0.15) is 26.3 Å². The molecular formula is C24H28F6N6. The van der Waals surface area contributed by atoms with Crippen LogP contribution in [0.25, 0.3) is 5.52 Å². The number of imidazole rings is 2. The minimum Gasteiger partial charge on any atom is -0.322 e. The van der Waals surface area contributed by atoms with E-state index in [1.807, 2.05) is 0 Å². The lowest BCUT2D eigenvalue weighted by atomic mass is 10.0. The Morgan fingerprint density at radius 3 is 2.00 bits per heavy atom. The Morgan fingerprint density at radius 1 is 0.806 bits per heavy atom. The molecule has 6 rings (SSSR count). The topological polar surface area (TPSA) is 60.0 Å². The van der Waals surface area contributed by atoms with Gasteiger partial charge in [0.1, 0.15) is 0 Å². The molecule has 4 heterocycles. The predicted molar refractivity (Wildman–Crippen MR) is 119 cm³/mol. The second kappa shape index (κ2) is 9.68. The van der Waals surface area contributed by atoms with Crippen molar-refractivity contribution < 1.29 is 26.3 Å². The number of rotatable bonds is 2. The van der Waals surface area contributed by atoms with Crippen molar-refractivity contribution in [1.29, 1.82) is 0 Å². The zero-order valence-corrected chi connectivity index (χ0v) is 19.7. The van der Waals surface area contributed by atoms with Gasteiger partial charge in [0, 0.05) is 43.9 Å². The Balaban J connectivity index is 0.000000148. The second-order valence-corrected chi connectivity index (χ2v) is 9.71. The van der Waals surface area contributed by atoms with Crippen LogP contribution in [0.1, 0.15) is 91.9 Å². The molecule has 0 unspecified atom stereocenters. The number of aromatic nitrogens is 5. The monoisotopic (exact) mass is 514 g/mol. The molecule has 0 saturated heterocycles. The summed E-state index contributed by atoms with van der Waals surface area (Å²) in [7, 11) is 0. The molecule has 12 heteroatoms. The quantitative estimate of drug-likeness (QED) is 0.422. The maximum absolute atomic E-state index is 13.0. The highest BCUT2D eigenvalue weighted by atomic mass is 19.4. The maximum Gasteiger partial charge on any atom is 0.450 e. The normalized spacial score (nSPS) is 19.5. The largest absolute Gasteiger partial charge is 0.450 e. The van der Waals surface area contributed by atoms with Crippen LogP contribution >= 0.6 is 0 Å².